The van der Waals surface area contributed by atoms with Gasteiger partial charge in [0.05, 0.1) is 9.29 Å². The third-order valence-corrected chi connectivity index (χ3v) is 2.75. The molecule has 0 unspecified atom stereocenters. The lowest BCUT2D eigenvalue weighted by atomic mass is 10.1. The van der Waals surface area contributed by atoms with E-state index in [-0.39, 0.29) is 5.92 Å². The zero-order chi connectivity index (χ0) is 10.4. The summed E-state index contributed by atoms with van der Waals surface area (Å²) in [6, 6.07) is 0. The molecule has 12 heavy (non-hydrogen) atoms. The van der Waals surface area contributed by atoms with Crippen molar-refractivity contribution in [3.8, 4) is 0 Å². The Morgan fingerprint density at radius 1 is 1.67 bits per heavy atom. The van der Waals surface area contributed by atoms with Gasteiger partial charge in [-0.1, -0.05) is 19.9 Å². The van der Waals surface area contributed by atoms with Gasteiger partial charge in [-0.25, -0.2) is 0 Å². The molecule has 0 aromatic heterocycles. The van der Waals surface area contributed by atoms with Gasteiger partial charge in [-0.2, -0.15) is 0 Å². The van der Waals surface area contributed by atoms with E-state index in [0.29, 0.717) is 3.39 Å². The molecule has 2 atom stereocenters. The zero-order valence-corrected chi connectivity index (χ0v) is 9.94. The molecule has 1 rings (SSSR count). The molecule has 2 nitrogen and oxygen atoms in total. The lowest BCUT2D eigenvalue weighted by Crippen LogP contribution is -2.02. The molecule has 0 aliphatic heterocycles. The summed E-state index contributed by atoms with van der Waals surface area (Å²) in [7, 11) is 0. The molecule has 1 aliphatic rings. The second kappa shape index (κ2) is 3.14. The SMILES string of the molecule is [2H][13C@]1([13C](=O)O)[C@@H](C=C(Br)Br)C1(C)C. The van der Waals surface area contributed by atoms with Gasteiger partial charge in [0.15, 0.2) is 0 Å². The summed E-state index contributed by atoms with van der Waals surface area (Å²) < 4.78 is 8.47. The first-order valence-corrected chi connectivity index (χ1v) is 5.09. The fourth-order valence-corrected chi connectivity index (χ4v) is 1.94. The van der Waals surface area contributed by atoms with Crippen LogP contribution in [0.15, 0.2) is 9.47 Å². The molecule has 0 bridgehead atoms. The summed E-state index contributed by atoms with van der Waals surface area (Å²) in [5.74, 6) is -2.67. The Balaban J connectivity index is 2.95. The maximum Gasteiger partial charge on any atom is 0.307 e. The Kier molecular flexibility index (Phi) is 2.29. The molecule has 0 spiro atoms. The summed E-state index contributed by atoms with van der Waals surface area (Å²) >= 11 is 6.34. The van der Waals surface area contributed by atoms with Crippen LogP contribution in [0.4, 0.5) is 0 Å². The number of halogens is 2. The topological polar surface area (TPSA) is 37.3 Å². The van der Waals surface area contributed by atoms with E-state index in [1.54, 1.807) is 19.9 Å². The Morgan fingerprint density at radius 3 is 2.42 bits per heavy atom. The highest BCUT2D eigenvalue weighted by Crippen LogP contribution is 2.59. The maximum absolute atomic E-state index is 10.8. The molecular formula is C8H10Br2O2. The molecule has 1 aliphatic carbocycles. The van der Waals surface area contributed by atoms with Crippen molar-refractivity contribution in [3.05, 3.63) is 9.47 Å². The summed E-state index contributed by atoms with van der Waals surface area (Å²) in [5.41, 5.74) is -0.494. The van der Waals surface area contributed by atoms with Crippen LogP contribution in [-0.2, 0) is 4.79 Å². The van der Waals surface area contributed by atoms with Crippen molar-refractivity contribution in [2.24, 2.45) is 17.2 Å². The van der Waals surface area contributed by atoms with Crippen molar-refractivity contribution in [1.29, 1.82) is 0 Å². The predicted molar refractivity (Wildman–Crippen MR) is 54.3 cm³/mol. The van der Waals surface area contributed by atoms with Gasteiger partial charge in [0.1, 0.15) is 0 Å². The van der Waals surface area contributed by atoms with Gasteiger partial charge in [-0.05, 0) is 43.2 Å². The van der Waals surface area contributed by atoms with Crippen LogP contribution in [0.2, 0.25) is 0 Å². The van der Waals surface area contributed by atoms with E-state index in [1.807, 2.05) is 0 Å². The molecule has 1 saturated carbocycles. The van der Waals surface area contributed by atoms with Crippen molar-refractivity contribution < 1.29 is 11.3 Å². The first kappa shape index (κ1) is 8.75. The molecule has 1 N–H and O–H groups in total. The lowest BCUT2D eigenvalue weighted by Gasteiger charge is -1.96. The molecule has 0 radical (unpaired) electrons. The van der Waals surface area contributed by atoms with E-state index < -0.39 is 17.3 Å². The Bertz CT molecular complexity index is 284. The lowest BCUT2D eigenvalue weighted by molar-refractivity contribution is -0.139. The molecule has 0 saturated heterocycles. The Hall–Kier alpha value is 0.170. The van der Waals surface area contributed by atoms with Crippen molar-refractivity contribution in [2.75, 3.05) is 0 Å². The summed E-state index contributed by atoms with van der Waals surface area (Å²) in [6.45, 7) is 3.58. The minimum atomic E-state index is -1.38. The van der Waals surface area contributed by atoms with Crippen LogP contribution in [0, 0.1) is 17.2 Å². The average molecular weight is 301 g/mol. The van der Waals surface area contributed by atoms with Crippen LogP contribution in [0.1, 0.15) is 15.2 Å². The number of carbonyl (C=O) groups is 1. The molecule has 0 heterocycles. The van der Waals surface area contributed by atoms with E-state index in [0.717, 1.165) is 0 Å². The van der Waals surface area contributed by atoms with Crippen LogP contribution in [0.5, 0.6) is 0 Å². The first-order chi connectivity index (χ1) is 5.74. The summed E-state index contributed by atoms with van der Waals surface area (Å²) in [6.07, 6.45) is 1.72. The van der Waals surface area contributed by atoms with Crippen molar-refractivity contribution in [2.45, 2.75) is 13.8 Å². The number of rotatable bonds is 2. The van der Waals surface area contributed by atoms with E-state index >= 15 is 0 Å². The van der Waals surface area contributed by atoms with Gasteiger partial charge in [0, 0.05) is 1.37 Å². The van der Waals surface area contributed by atoms with Crippen molar-refractivity contribution in [1.82, 2.24) is 0 Å². The number of hydrogen-bond acceptors (Lipinski definition) is 1. The smallest absolute Gasteiger partial charge is 0.307 e. The second-order valence-electron chi connectivity index (χ2n) is 3.37. The molecule has 68 valence electrons. The van der Waals surface area contributed by atoms with Crippen LogP contribution in [-0.4, -0.2) is 11.1 Å². The number of hydrogen-bond donors (Lipinski definition) is 1. The fourth-order valence-electron chi connectivity index (χ4n) is 1.41. The van der Waals surface area contributed by atoms with Gasteiger partial charge >= 0.3 is 5.97 Å². The molecule has 4 heteroatoms. The van der Waals surface area contributed by atoms with E-state index in [4.69, 9.17) is 6.48 Å². The number of carboxylic acid groups (broad SMARTS) is 1. The minimum absolute atomic E-state index is 0.244. The van der Waals surface area contributed by atoms with Crippen molar-refractivity contribution >= 4 is 37.8 Å². The number of carboxylic acids is 1. The summed E-state index contributed by atoms with van der Waals surface area (Å²) in [5, 5.41) is 8.88. The largest absolute Gasteiger partial charge is 0.481 e. The Labute approximate surface area is 89.7 Å². The van der Waals surface area contributed by atoms with Gasteiger partial charge in [0.25, 0.3) is 0 Å². The van der Waals surface area contributed by atoms with Crippen LogP contribution < -0.4 is 0 Å². The van der Waals surface area contributed by atoms with Gasteiger partial charge in [0.2, 0.25) is 0 Å². The van der Waals surface area contributed by atoms with Gasteiger partial charge in [-0.3, -0.25) is 4.79 Å². The third-order valence-electron chi connectivity index (χ3n) is 2.22. The average Bonchev–Trinajstić information content (AvgIpc) is 2.35. The number of allylic oxidation sites excluding steroid dienone is 1. The fraction of sp³-hybridized carbons (Fsp3) is 0.625. The highest BCUT2D eigenvalue weighted by molar-refractivity contribution is 9.28. The minimum Gasteiger partial charge on any atom is -0.481 e. The van der Waals surface area contributed by atoms with Crippen LogP contribution in [0.3, 0.4) is 0 Å². The molecular weight excluding hydrogens is 290 g/mol. The second-order valence-corrected chi connectivity index (χ2v) is 6.15. The van der Waals surface area contributed by atoms with E-state index in [9.17, 15) is 4.79 Å². The first-order valence-electron chi connectivity index (χ1n) is 4.01. The Morgan fingerprint density at radius 2 is 2.17 bits per heavy atom. The van der Waals surface area contributed by atoms with Gasteiger partial charge in [-0.15, -0.1) is 0 Å². The van der Waals surface area contributed by atoms with Crippen LogP contribution in [0.25, 0.3) is 0 Å². The quantitative estimate of drug-likeness (QED) is 0.796. The third kappa shape index (κ3) is 1.74. The standard InChI is InChI=1S/C8H10Br2O2/c1-8(2)4(3-5(9)10)6(8)7(11)12/h3-4,6H,1-2H3,(H,11,12)/t4-,6-/m1/s1/i6+1D,7+1. The highest BCUT2D eigenvalue weighted by Gasteiger charge is 2.60. The normalized spacial score (nSPS) is 38.3. The van der Waals surface area contributed by atoms with Gasteiger partial charge < -0.3 is 5.11 Å². The van der Waals surface area contributed by atoms with E-state index in [1.165, 1.54) is 0 Å². The summed E-state index contributed by atoms with van der Waals surface area (Å²) in [4.78, 5) is 10.8. The zero-order valence-electron chi connectivity index (χ0n) is 7.77. The maximum atomic E-state index is 10.8. The number of aliphatic carboxylic acids is 1. The predicted octanol–water partition coefficient (Wildman–Crippen LogP) is 2.97. The highest BCUT2D eigenvalue weighted by atomic mass is 79.9. The molecule has 0 amide bonds. The molecule has 0 aromatic rings. The van der Waals surface area contributed by atoms with Crippen LogP contribution >= 0.6 is 31.9 Å². The molecule has 1 fully saturated rings. The molecule has 0 aromatic carbocycles. The monoisotopic (exact) mass is 299 g/mol. The van der Waals surface area contributed by atoms with Crippen molar-refractivity contribution in [3.63, 3.8) is 0 Å². The van der Waals surface area contributed by atoms with E-state index in [2.05, 4.69) is 31.9 Å².